The molecule has 0 saturated heterocycles. The van der Waals surface area contributed by atoms with Gasteiger partial charge in [0.1, 0.15) is 5.75 Å². The van der Waals surface area contributed by atoms with E-state index in [2.05, 4.69) is 19.9 Å². The summed E-state index contributed by atoms with van der Waals surface area (Å²) in [6, 6.07) is 14.4. The van der Waals surface area contributed by atoms with Gasteiger partial charge in [-0.2, -0.15) is 0 Å². The molecule has 0 aromatic heterocycles. The zero-order chi connectivity index (χ0) is 17.4. The lowest BCUT2D eigenvalue weighted by Crippen LogP contribution is -2.10. The van der Waals surface area contributed by atoms with Crippen molar-refractivity contribution in [2.75, 3.05) is 0 Å². The number of aryl methyl sites for hydroxylation is 1. The van der Waals surface area contributed by atoms with Crippen LogP contribution in [-0.2, 0) is 17.4 Å². The van der Waals surface area contributed by atoms with Gasteiger partial charge in [-0.1, -0.05) is 57.0 Å². The molecule has 0 fully saturated rings. The van der Waals surface area contributed by atoms with Crippen LogP contribution in [0, 0.1) is 0 Å². The van der Waals surface area contributed by atoms with Gasteiger partial charge in [0.15, 0.2) is 0 Å². The highest BCUT2D eigenvalue weighted by molar-refractivity contribution is 7.61. The topological polar surface area (TPSA) is 46.5 Å². The van der Waals surface area contributed by atoms with Crippen LogP contribution in [0.3, 0.4) is 0 Å². The summed E-state index contributed by atoms with van der Waals surface area (Å²) in [6.07, 6.45) is 6.21. The Hall–Kier alpha value is -1.57. The maximum Gasteiger partial charge on any atom is 0.408 e. The first kappa shape index (κ1) is 18.8. The van der Waals surface area contributed by atoms with Gasteiger partial charge in [-0.3, -0.25) is 0 Å². The molecule has 24 heavy (non-hydrogen) atoms. The van der Waals surface area contributed by atoms with Crippen molar-refractivity contribution in [1.29, 1.82) is 0 Å². The molecule has 2 rings (SSSR count). The Labute approximate surface area is 145 Å². The van der Waals surface area contributed by atoms with Crippen LogP contribution in [0.1, 0.15) is 50.7 Å². The predicted molar refractivity (Wildman–Crippen MR) is 100 cm³/mol. The second-order valence-corrected chi connectivity index (χ2v) is 7.79. The second kappa shape index (κ2) is 9.05. The van der Waals surface area contributed by atoms with Crippen molar-refractivity contribution in [3.63, 3.8) is 0 Å². The van der Waals surface area contributed by atoms with Crippen molar-refractivity contribution in [2.45, 2.75) is 52.4 Å². The van der Waals surface area contributed by atoms with E-state index in [1.54, 1.807) is 24.3 Å². The summed E-state index contributed by atoms with van der Waals surface area (Å²) in [5.74, 6) is 0.548. The Morgan fingerprint density at radius 3 is 2.25 bits per heavy atom. The molecule has 1 unspecified atom stereocenters. The molecule has 1 atom stereocenters. The molecule has 0 amide bonds. The highest BCUT2D eigenvalue weighted by atomic mass is 31.2. The molecule has 4 heteroatoms. The molecule has 130 valence electrons. The molecule has 0 saturated carbocycles. The lowest BCUT2D eigenvalue weighted by Gasteiger charge is -2.19. The molecule has 2 aromatic rings. The predicted octanol–water partition coefficient (Wildman–Crippen LogP) is 5.26. The summed E-state index contributed by atoms with van der Waals surface area (Å²) in [4.78, 5) is 10.4. The van der Waals surface area contributed by atoms with Crippen LogP contribution >= 0.6 is 7.60 Å². The molecule has 0 radical (unpaired) electrons. The van der Waals surface area contributed by atoms with E-state index >= 15 is 0 Å². The summed E-state index contributed by atoms with van der Waals surface area (Å²) in [7, 11) is -3.87. The summed E-state index contributed by atoms with van der Waals surface area (Å²) >= 11 is 0. The molecule has 0 spiro atoms. The first-order valence-corrected chi connectivity index (χ1v) is 10.3. The fourth-order valence-corrected chi connectivity index (χ4v) is 3.83. The van der Waals surface area contributed by atoms with Crippen molar-refractivity contribution < 1.29 is 14.0 Å². The monoisotopic (exact) mass is 346 g/mol. The normalized spacial score (nSPS) is 13.5. The molecule has 0 aliphatic rings. The van der Waals surface area contributed by atoms with Crippen LogP contribution in [0.4, 0.5) is 0 Å². The lowest BCUT2D eigenvalue weighted by molar-refractivity contribution is 0.391. The van der Waals surface area contributed by atoms with Crippen LogP contribution in [0.25, 0.3) is 0 Å². The van der Waals surface area contributed by atoms with Gasteiger partial charge < -0.3 is 9.42 Å². The van der Waals surface area contributed by atoms with E-state index in [9.17, 15) is 9.46 Å². The van der Waals surface area contributed by atoms with Crippen LogP contribution in [-0.4, -0.2) is 4.89 Å². The molecular formula is C20H27O3P. The first-order chi connectivity index (χ1) is 11.6. The Bertz CT molecular complexity index is 683. The van der Waals surface area contributed by atoms with Crippen LogP contribution in [0.15, 0.2) is 48.5 Å². The lowest BCUT2D eigenvalue weighted by atomic mass is 9.97. The van der Waals surface area contributed by atoms with E-state index in [-0.39, 0.29) is 0 Å². The second-order valence-electron chi connectivity index (χ2n) is 6.05. The third kappa shape index (κ3) is 4.96. The van der Waals surface area contributed by atoms with E-state index in [0.717, 1.165) is 44.1 Å². The molecule has 0 aliphatic carbocycles. The van der Waals surface area contributed by atoms with E-state index in [1.807, 2.05) is 18.2 Å². The minimum Gasteiger partial charge on any atom is -0.421 e. The number of rotatable bonds is 9. The highest BCUT2D eigenvalue weighted by Gasteiger charge is 2.25. The third-order valence-electron chi connectivity index (χ3n) is 4.11. The zero-order valence-electron chi connectivity index (χ0n) is 14.6. The minimum atomic E-state index is -3.87. The first-order valence-electron chi connectivity index (χ1n) is 8.77. The summed E-state index contributed by atoms with van der Waals surface area (Å²) in [5, 5.41) is 0.324. The van der Waals surface area contributed by atoms with Crippen LogP contribution < -0.4 is 9.83 Å². The Morgan fingerprint density at radius 1 is 0.917 bits per heavy atom. The Balaban J connectivity index is 2.32. The van der Waals surface area contributed by atoms with E-state index in [1.165, 1.54) is 5.56 Å². The minimum absolute atomic E-state index is 0.324. The molecular weight excluding hydrogens is 319 g/mol. The number of hydrogen-bond acceptors (Lipinski definition) is 2. The third-order valence-corrected chi connectivity index (χ3v) is 5.51. The van der Waals surface area contributed by atoms with Gasteiger partial charge in [0.2, 0.25) is 0 Å². The van der Waals surface area contributed by atoms with Crippen molar-refractivity contribution in [1.82, 2.24) is 0 Å². The number of unbranched alkanes of at least 4 members (excludes halogenated alkanes) is 2. The van der Waals surface area contributed by atoms with Gasteiger partial charge in [-0.15, -0.1) is 0 Å². The van der Waals surface area contributed by atoms with Gasteiger partial charge in [0, 0.05) is 0 Å². The molecule has 0 bridgehead atoms. The quantitative estimate of drug-likeness (QED) is 0.630. The van der Waals surface area contributed by atoms with E-state index < -0.39 is 7.60 Å². The molecule has 0 aliphatic heterocycles. The van der Waals surface area contributed by atoms with E-state index in [0.29, 0.717) is 11.1 Å². The number of hydrogen-bond donors (Lipinski definition) is 1. The fraction of sp³-hybridized carbons (Fsp3) is 0.400. The molecule has 1 N–H and O–H groups in total. The van der Waals surface area contributed by atoms with Gasteiger partial charge in [-0.05, 0) is 55.0 Å². The smallest absolute Gasteiger partial charge is 0.408 e. The largest absolute Gasteiger partial charge is 0.421 e. The van der Waals surface area contributed by atoms with Crippen LogP contribution in [0.2, 0.25) is 0 Å². The maximum absolute atomic E-state index is 12.7. The van der Waals surface area contributed by atoms with Crippen molar-refractivity contribution in [3.8, 4) is 5.75 Å². The summed E-state index contributed by atoms with van der Waals surface area (Å²) < 4.78 is 18.3. The highest BCUT2D eigenvalue weighted by Crippen LogP contribution is 2.43. The average molecular weight is 346 g/mol. The van der Waals surface area contributed by atoms with Crippen molar-refractivity contribution in [2.24, 2.45) is 0 Å². The Kier molecular flexibility index (Phi) is 7.08. The molecule has 0 heterocycles. The molecule has 3 nitrogen and oxygen atoms in total. The summed E-state index contributed by atoms with van der Waals surface area (Å²) in [5.41, 5.74) is 2.31. The van der Waals surface area contributed by atoms with E-state index in [4.69, 9.17) is 4.52 Å². The van der Waals surface area contributed by atoms with Gasteiger partial charge >= 0.3 is 7.60 Å². The Morgan fingerprint density at radius 2 is 1.58 bits per heavy atom. The standard InChI is InChI=1S/C20H27O3P/c1-3-5-11-17-12-10-16-20(19(17)15-6-4-2)23-24(21,22)18-13-8-7-9-14-18/h7-10,12-14,16H,3-6,11,15H2,1-2H3,(H,21,22). The SMILES string of the molecule is CCCCc1cccc(OP(=O)(O)c2ccccc2)c1CCCC. The maximum atomic E-state index is 12.7. The summed E-state index contributed by atoms with van der Waals surface area (Å²) in [6.45, 7) is 4.32. The van der Waals surface area contributed by atoms with Crippen LogP contribution in [0.5, 0.6) is 5.75 Å². The van der Waals surface area contributed by atoms with Crippen molar-refractivity contribution in [3.05, 3.63) is 59.7 Å². The average Bonchev–Trinajstić information content (AvgIpc) is 2.59. The molecule has 2 aromatic carbocycles. The van der Waals surface area contributed by atoms with Gasteiger partial charge in [0.25, 0.3) is 0 Å². The van der Waals surface area contributed by atoms with Gasteiger partial charge in [-0.25, -0.2) is 4.57 Å². The van der Waals surface area contributed by atoms with Crippen molar-refractivity contribution >= 4 is 12.9 Å². The fourth-order valence-electron chi connectivity index (χ4n) is 2.74. The number of benzene rings is 2. The zero-order valence-corrected chi connectivity index (χ0v) is 15.5. The van der Waals surface area contributed by atoms with Gasteiger partial charge in [0.05, 0.1) is 5.30 Å².